The van der Waals surface area contributed by atoms with Gasteiger partial charge < -0.3 is 14.9 Å². The first-order valence-corrected chi connectivity index (χ1v) is 7.98. The van der Waals surface area contributed by atoms with E-state index in [1.54, 1.807) is 0 Å². The van der Waals surface area contributed by atoms with E-state index in [-0.39, 0.29) is 0 Å². The number of aliphatic hydroxyl groups is 1. The zero-order chi connectivity index (χ0) is 15.0. The van der Waals surface area contributed by atoms with Crippen molar-refractivity contribution in [3.05, 3.63) is 11.8 Å². The van der Waals surface area contributed by atoms with E-state index in [2.05, 4.69) is 9.88 Å². The second-order valence-corrected chi connectivity index (χ2v) is 6.81. The van der Waals surface area contributed by atoms with Crippen LogP contribution in [0.1, 0.15) is 37.7 Å². The molecule has 5 nitrogen and oxygen atoms in total. The standard InChI is InChI=1S/C16H26N4O/c1-12-10-17-15(18-14(12)19(2)3)20-9-8-16(21)7-5-4-6-13(16)11-20/h10,13,21H,4-9,11H2,1-3H3/t13-,16-/m0/s1. The van der Waals surface area contributed by atoms with Crippen molar-refractivity contribution < 1.29 is 5.11 Å². The summed E-state index contributed by atoms with van der Waals surface area (Å²) in [7, 11) is 4.02. The average Bonchev–Trinajstić information content (AvgIpc) is 2.46. The molecule has 1 aromatic heterocycles. The summed E-state index contributed by atoms with van der Waals surface area (Å²) in [6.45, 7) is 3.77. The molecular formula is C16H26N4O. The van der Waals surface area contributed by atoms with Crippen LogP contribution >= 0.6 is 0 Å². The van der Waals surface area contributed by atoms with Gasteiger partial charge in [0, 0.05) is 44.9 Å². The summed E-state index contributed by atoms with van der Waals surface area (Å²) in [5.74, 6) is 2.15. The molecule has 3 rings (SSSR count). The van der Waals surface area contributed by atoms with Crippen molar-refractivity contribution >= 4 is 11.8 Å². The van der Waals surface area contributed by atoms with Gasteiger partial charge >= 0.3 is 0 Å². The first kappa shape index (κ1) is 14.6. The highest BCUT2D eigenvalue weighted by atomic mass is 16.3. The SMILES string of the molecule is Cc1cnc(N2CC[C@@]3(O)CCCC[C@H]3C2)nc1N(C)C. The van der Waals surface area contributed by atoms with Crippen molar-refractivity contribution in [3.8, 4) is 0 Å². The molecule has 0 spiro atoms. The third kappa shape index (κ3) is 2.71. The van der Waals surface area contributed by atoms with Gasteiger partial charge in [-0.1, -0.05) is 12.8 Å². The Hall–Kier alpha value is -1.36. The zero-order valence-electron chi connectivity index (χ0n) is 13.3. The lowest BCUT2D eigenvalue weighted by atomic mass is 9.71. The number of hydrogen-bond acceptors (Lipinski definition) is 5. The molecule has 2 fully saturated rings. The van der Waals surface area contributed by atoms with E-state index in [0.717, 1.165) is 49.7 Å². The van der Waals surface area contributed by atoms with E-state index in [1.807, 2.05) is 32.1 Å². The summed E-state index contributed by atoms with van der Waals surface area (Å²) in [6.07, 6.45) is 7.23. The third-order valence-corrected chi connectivity index (χ3v) is 5.07. The maximum absolute atomic E-state index is 10.8. The highest BCUT2D eigenvalue weighted by Gasteiger charge is 2.43. The fraction of sp³-hybridized carbons (Fsp3) is 0.750. The van der Waals surface area contributed by atoms with E-state index in [9.17, 15) is 5.11 Å². The minimum atomic E-state index is -0.441. The predicted octanol–water partition coefficient (Wildman–Crippen LogP) is 1.98. The Bertz CT molecular complexity index is 519. The number of fused-ring (bicyclic) bond motifs is 1. The molecule has 1 N–H and O–H groups in total. The molecule has 2 atom stereocenters. The number of rotatable bonds is 2. The van der Waals surface area contributed by atoms with Gasteiger partial charge in [-0.05, 0) is 26.2 Å². The zero-order valence-corrected chi connectivity index (χ0v) is 13.3. The van der Waals surface area contributed by atoms with Crippen molar-refractivity contribution in [1.82, 2.24) is 9.97 Å². The number of hydrogen-bond donors (Lipinski definition) is 1. The molecule has 5 heteroatoms. The van der Waals surface area contributed by atoms with Gasteiger partial charge in [-0.15, -0.1) is 0 Å². The van der Waals surface area contributed by atoms with E-state index < -0.39 is 5.60 Å². The lowest BCUT2D eigenvalue weighted by molar-refractivity contribution is -0.0614. The Labute approximate surface area is 127 Å². The van der Waals surface area contributed by atoms with E-state index in [4.69, 9.17) is 4.98 Å². The summed E-state index contributed by atoms with van der Waals surface area (Å²) >= 11 is 0. The Kier molecular flexibility index (Phi) is 3.78. The van der Waals surface area contributed by atoms with Crippen LogP contribution in [-0.2, 0) is 0 Å². The topological polar surface area (TPSA) is 52.5 Å². The van der Waals surface area contributed by atoms with Gasteiger partial charge in [0.05, 0.1) is 5.60 Å². The third-order valence-electron chi connectivity index (χ3n) is 5.07. The molecule has 1 aliphatic heterocycles. The molecule has 1 aromatic rings. The first-order chi connectivity index (χ1) is 9.99. The molecule has 1 saturated carbocycles. The minimum Gasteiger partial charge on any atom is -0.389 e. The number of aromatic nitrogens is 2. The highest BCUT2D eigenvalue weighted by Crippen LogP contribution is 2.40. The summed E-state index contributed by atoms with van der Waals surface area (Å²) in [6, 6.07) is 0. The Morgan fingerprint density at radius 1 is 1.33 bits per heavy atom. The maximum atomic E-state index is 10.8. The van der Waals surface area contributed by atoms with Gasteiger partial charge in [0.1, 0.15) is 5.82 Å². The van der Waals surface area contributed by atoms with Crippen LogP contribution in [0.3, 0.4) is 0 Å². The summed E-state index contributed by atoms with van der Waals surface area (Å²) in [5.41, 5.74) is 0.652. The Balaban J connectivity index is 1.81. The molecule has 0 aromatic carbocycles. The molecule has 0 bridgehead atoms. The monoisotopic (exact) mass is 290 g/mol. The van der Waals surface area contributed by atoms with Gasteiger partial charge in [0.2, 0.25) is 5.95 Å². The first-order valence-electron chi connectivity index (χ1n) is 7.98. The number of nitrogens with zero attached hydrogens (tertiary/aromatic N) is 4. The summed E-state index contributed by atoms with van der Waals surface area (Å²) in [5, 5.41) is 10.8. The molecule has 1 saturated heterocycles. The average molecular weight is 290 g/mol. The molecule has 116 valence electrons. The molecule has 0 unspecified atom stereocenters. The normalized spacial score (nSPS) is 29.1. The fourth-order valence-corrected chi connectivity index (χ4v) is 3.78. The van der Waals surface area contributed by atoms with Crippen LogP contribution < -0.4 is 9.80 Å². The number of piperidine rings is 1. The quantitative estimate of drug-likeness (QED) is 0.902. The smallest absolute Gasteiger partial charge is 0.227 e. The van der Waals surface area contributed by atoms with Crippen molar-refractivity contribution in [1.29, 1.82) is 0 Å². The molecule has 2 heterocycles. The van der Waals surface area contributed by atoms with Crippen molar-refractivity contribution in [2.45, 2.75) is 44.6 Å². The Morgan fingerprint density at radius 2 is 2.14 bits per heavy atom. The van der Waals surface area contributed by atoms with Gasteiger partial charge in [0.25, 0.3) is 0 Å². The van der Waals surface area contributed by atoms with Crippen molar-refractivity contribution in [2.24, 2.45) is 5.92 Å². The maximum Gasteiger partial charge on any atom is 0.227 e. The van der Waals surface area contributed by atoms with E-state index >= 15 is 0 Å². The lowest BCUT2D eigenvalue weighted by Gasteiger charge is -2.47. The molecule has 1 aliphatic carbocycles. The van der Waals surface area contributed by atoms with Gasteiger partial charge in [0.15, 0.2) is 0 Å². The van der Waals surface area contributed by atoms with Crippen LogP contribution in [-0.4, -0.2) is 47.9 Å². The molecule has 21 heavy (non-hydrogen) atoms. The number of aryl methyl sites for hydroxylation is 1. The summed E-state index contributed by atoms with van der Waals surface area (Å²) < 4.78 is 0. The predicted molar refractivity (Wildman–Crippen MR) is 84.8 cm³/mol. The van der Waals surface area contributed by atoms with Crippen LogP contribution in [0.2, 0.25) is 0 Å². The molecule has 2 aliphatic rings. The summed E-state index contributed by atoms with van der Waals surface area (Å²) in [4.78, 5) is 13.5. The van der Waals surface area contributed by atoms with Crippen molar-refractivity contribution in [3.63, 3.8) is 0 Å². The minimum absolute atomic E-state index is 0.368. The molecule has 0 radical (unpaired) electrons. The Morgan fingerprint density at radius 3 is 2.90 bits per heavy atom. The molecular weight excluding hydrogens is 264 g/mol. The van der Waals surface area contributed by atoms with Crippen molar-refractivity contribution in [2.75, 3.05) is 37.0 Å². The second kappa shape index (κ2) is 5.44. The second-order valence-electron chi connectivity index (χ2n) is 6.81. The molecule has 0 amide bonds. The van der Waals surface area contributed by atoms with Gasteiger partial charge in [-0.3, -0.25) is 0 Å². The van der Waals surface area contributed by atoms with Crippen LogP contribution in [0.15, 0.2) is 6.20 Å². The van der Waals surface area contributed by atoms with E-state index in [0.29, 0.717) is 5.92 Å². The van der Waals surface area contributed by atoms with Crippen LogP contribution in [0.25, 0.3) is 0 Å². The van der Waals surface area contributed by atoms with Gasteiger partial charge in [-0.2, -0.15) is 4.98 Å². The highest BCUT2D eigenvalue weighted by molar-refractivity contribution is 5.48. The largest absolute Gasteiger partial charge is 0.389 e. The van der Waals surface area contributed by atoms with Crippen LogP contribution in [0.4, 0.5) is 11.8 Å². The van der Waals surface area contributed by atoms with Crippen LogP contribution in [0.5, 0.6) is 0 Å². The van der Waals surface area contributed by atoms with Crippen LogP contribution in [0, 0.1) is 12.8 Å². The number of anilines is 2. The fourth-order valence-electron chi connectivity index (χ4n) is 3.78. The van der Waals surface area contributed by atoms with Gasteiger partial charge in [-0.25, -0.2) is 4.98 Å². The lowest BCUT2D eigenvalue weighted by Crippen LogP contribution is -2.53. The van der Waals surface area contributed by atoms with E-state index in [1.165, 1.54) is 12.8 Å².